The van der Waals surface area contributed by atoms with Crippen molar-refractivity contribution in [3.8, 4) is 0 Å². The summed E-state index contributed by atoms with van der Waals surface area (Å²) in [4.78, 5) is 31.9. The van der Waals surface area contributed by atoms with Gasteiger partial charge in [-0.15, -0.1) is 0 Å². The van der Waals surface area contributed by atoms with Crippen molar-refractivity contribution in [3.05, 3.63) is 284 Å². The fourth-order valence-electron chi connectivity index (χ4n) is 4.98. The van der Waals surface area contributed by atoms with Crippen molar-refractivity contribution in [2.24, 2.45) is 43.3 Å². The topological polar surface area (TPSA) is 524 Å². The Morgan fingerprint density at radius 2 is 0.447 bits per heavy atom. The molecule has 0 saturated carbocycles. The van der Waals surface area contributed by atoms with Gasteiger partial charge in [-0.1, -0.05) is 97.4 Å². The zero-order valence-electron chi connectivity index (χ0n) is 49.2. The second-order valence-electron chi connectivity index (χ2n) is 14.5. The third-order valence-electron chi connectivity index (χ3n) is 8.47. The standard InChI is InChI=1S/4C12H11N6.2C2H6O.4CNS.4Mn/c4*13-11(9-5-1-3-7-15-9)17-18-12(14)10-6-2-4-8-16-10;2*1-2-3;4*2-1-3;;;;/h4*1-8H,(H3-,13,14,17,18);2*3H,2H2,1H3;;;;;;;;/q4*-1;;;4*-1;4*+2. The Labute approximate surface area is 605 Å². The van der Waals surface area contributed by atoms with Crippen molar-refractivity contribution < 1.29 is 78.5 Å². The van der Waals surface area contributed by atoms with E-state index in [0.29, 0.717) is 45.6 Å². The molecule has 8 aromatic heterocycles. The fourth-order valence-corrected chi connectivity index (χ4v) is 4.98. The van der Waals surface area contributed by atoms with Crippen LogP contribution in [0.5, 0.6) is 0 Å². The summed E-state index contributed by atoms with van der Waals surface area (Å²) in [7, 11) is 0. The van der Waals surface area contributed by atoms with Crippen molar-refractivity contribution in [3.63, 3.8) is 0 Å². The van der Waals surface area contributed by atoms with Crippen molar-refractivity contribution in [2.45, 2.75) is 13.8 Å². The van der Waals surface area contributed by atoms with Crippen LogP contribution >= 0.6 is 48.9 Å². The first-order valence-corrected chi connectivity index (χ1v) is 26.4. The predicted octanol–water partition coefficient (Wildman–Crippen LogP) is 5.43. The molecule has 30 nitrogen and oxygen atoms in total. The van der Waals surface area contributed by atoms with Gasteiger partial charge in [0.05, 0.1) is 22.8 Å². The number of isothiocyanates is 4. The molecular weight excluding hydrogens is 1440 g/mol. The molecule has 8 rings (SSSR count). The zero-order valence-corrected chi connectivity index (χ0v) is 57.2. The van der Waals surface area contributed by atoms with Crippen LogP contribution < -0.4 is 44.6 Å². The van der Waals surface area contributed by atoms with Gasteiger partial charge in [0.2, 0.25) is 0 Å². The summed E-state index contributed by atoms with van der Waals surface area (Å²) < 4.78 is 0. The average molecular weight is 1500 g/mol. The molecule has 0 spiro atoms. The van der Waals surface area contributed by atoms with E-state index in [2.05, 4.69) is 131 Å². The predicted molar refractivity (Wildman–Crippen MR) is 369 cm³/mol. The van der Waals surface area contributed by atoms with Crippen LogP contribution in [0.3, 0.4) is 0 Å². The van der Waals surface area contributed by atoms with E-state index in [1.807, 2.05) is 0 Å². The SMILES string of the molecule is CCO.CCO.[Mn+2].[Mn+2].[Mn+2].[Mn+2].[N-]=C(N/N=C(\N)c1ccccn1)c1ccccn1.[N-]=C(N/N=C(\N)c1ccccn1)c1ccccn1.[N-]=C(N/N=C(\N)c1ccccn1)c1ccccn1.[N-]=C(N/N=C(\N)c1ccccn1)c1ccccn1.[N-]=C=S.[N-]=C=S.[N-]=C=S.[N-]=C=S. The normalized spacial score (nSPS) is 9.15. The van der Waals surface area contributed by atoms with Crippen LogP contribution in [0, 0.1) is 0 Å². The van der Waals surface area contributed by atoms with E-state index in [0.717, 1.165) is 0 Å². The van der Waals surface area contributed by atoms with Crippen LogP contribution in [-0.4, -0.2) is 131 Å². The maximum absolute atomic E-state index is 9.68. The minimum atomic E-state index is -0.172. The van der Waals surface area contributed by atoms with E-state index >= 15 is 0 Å². The number of thiocarbonyl (C=S) groups is 4. The summed E-state index contributed by atoms with van der Waals surface area (Å²) in [5, 5.41) is 103. The molecule has 14 N–H and O–H groups in total. The van der Waals surface area contributed by atoms with Gasteiger partial charge in [-0.3, -0.25) is 39.9 Å². The first kappa shape index (κ1) is 95.3. The number of rotatable bonds is 12. The number of hydrazone groups is 4. The van der Waals surface area contributed by atoms with E-state index in [9.17, 15) is 21.6 Å². The van der Waals surface area contributed by atoms with Crippen LogP contribution in [0.25, 0.3) is 43.3 Å². The molecule has 0 bridgehead atoms. The molecular formula is C56H56Mn4N28O2S4. The molecule has 0 amide bonds. The minimum Gasteiger partial charge on any atom is -0.753 e. The molecule has 0 atom stereocenters. The van der Waals surface area contributed by atoms with Gasteiger partial charge in [-0.2, -0.15) is 20.6 Å². The van der Waals surface area contributed by atoms with Crippen molar-refractivity contribution in [1.82, 2.24) is 61.6 Å². The van der Waals surface area contributed by atoms with Gasteiger partial charge in [-0.05, 0) is 134 Å². The maximum Gasteiger partial charge on any atom is 2.00 e. The summed E-state index contributed by atoms with van der Waals surface area (Å²) in [6.07, 6.45) is 12.7. The van der Waals surface area contributed by atoms with Crippen molar-refractivity contribution in [1.29, 1.82) is 0 Å². The summed E-state index contributed by atoms with van der Waals surface area (Å²) in [6, 6.07) is 41.8. The molecule has 4 radical (unpaired) electrons. The van der Waals surface area contributed by atoms with Crippen LogP contribution in [0.1, 0.15) is 59.4 Å². The molecule has 0 fully saturated rings. The quantitative estimate of drug-likeness (QED) is 0.0239. The molecule has 0 aromatic carbocycles. The number of nitrogens with one attached hydrogen (secondary N) is 4. The maximum atomic E-state index is 9.68. The number of nitrogens with zero attached hydrogens (tertiary/aromatic N) is 20. The van der Waals surface area contributed by atoms with E-state index in [-0.39, 0.29) is 128 Å². The minimum absolute atomic E-state index is 0. The van der Waals surface area contributed by atoms with Gasteiger partial charge in [0.15, 0.2) is 0 Å². The van der Waals surface area contributed by atoms with Crippen LogP contribution in [-0.2, 0) is 68.3 Å². The second kappa shape index (κ2) is 66.1. The van der Waals surface area contributed by atoms with Gasteiger partial charge in [-0.25, -0.2) is 20.4 Å². The molecule has 0 aliphatic carbocycles. The molecule has 0 unspecified atom stereocenters. The van der Waals surface area contributed by atoms with Gasteiger partial charge < -0.3 is 98.1 Å². The van der Waals surface area contributed by atoms with Crippen molar-refractivity contribution in [2.75, 3.05) is 13.2 Å². The largest absolute Gasteiger partial charge is 2.00 e. The van der Waals surface area contributed by atoms with E-state index in [4.69, 9.17) is 54.8 Å². The molecule has 0 aliphatic heterocycles. The number of aromatic nitrogens is 8. The first-order chi connectivity index (χ1) is 43.6. The van der Waals surface area contributed by atoms with Gasteiger partial charge in [0, 0.05) is 62.8 Å². The number of hydrogen-bond acceptors (Lipinski definition) is 18. The smallest absolute Gasteiger partial charge is 0.753 e. The van der Waals surface area contributed by atoms with Gasteiger partial charge in [0.1, 0.15) is 46.1 Å². The molecule has 8 heterocycles. The number of aliphatic hydroxyl groups is 2. The fraction of sp³-hybridized carbons (Fsp3) is 0.0714. The Morgan fingerprint density at radius 3 is 0.553 bits per heavy atom. The van der Waals surface area contributed by atoms with Crippen LogP contribution in [0.4, 0.5) is 0 Å². The van der Waals surface area contributed by atoms with Crippen molar-refractivity contribution >= 4 is 116 Å². The monoisotopic (exact) mass is 1500 g/mol. The summed E-state index contributed by atoms with van der Waals surface area (Å²) >= 11 is 14.8. The molecule has 0 aliphatic rings. The molecule has 38 heteroatoms. The Morgan fingerprint density at radius 1 is 0.330 bits per heavy atom. The molecule has 0 saturated heterocycles. The first-order valence-electron chi connectivity index (χ1n) is 24.8. The molecule has 484 valence electrons. The van der Waals surface area contributed by atoms with Gasteiger partial charge >= 0.3 is 68.3 Å². The Balaban J connectivity index is -0.000000249. The zero-order chi connectivity index (χ0) is 67.4. The van der Waals surface area contributed by atoms with Gasteiger partial charge in [0.25, 0.3) is 0 Å². The molecule has 94 heavy (non-hydrogen) atoms. The average Bonchev–Trinajstić information content (AvgIpc) is 1.87. The Bertz CT molecular complexity index is 3080. The number of nitrogens with two attached hydrogens (primary N) is 4. The van der Waals surface area contributed by atoms with E-state index in [1.165, 1.54) is 20.6 Å². The number of pyridine rings is 8. The summed E-state index contributed by atoms with van der Waals surface area (Å²) in [5.74, 6) is 0.0280. The number of amidine groups is 8. The number of hydrogen-bond donors (Lipinski definition) is 10. The Hall–Kier alpha value is -9.84. The third-order valence-corrected chi connectivity index (χ3v) is 8.47. The Kier molecular flexibility index (Phi) is 67.0. The van der Waals surface area contributed by atoms with Crippen LogP contribution in [0.2, 0.25) is 0 Å². The van der Waals surface area contributed by atoms with E-state index < -0.39 is 0 Å². The number of aliphatic hydroxyl groups excluding tert-OH is 2. The summed E-state index contributed by atoms with van der Waals surface area (Å²) in [6.45, 7) is 3.86. The van der Waals surface area contributed by atoms with Crippen LogP contribution in [0.15, 0.2) is 216 Å². The third kappa shape index (κ3) is 48.0. The van der Waals surface area contributed by atoms with E-state index in [1.54, 1.807) is 209 Å². The summed E-state index contributed by atoms with van der Waals surface area (Å²) in [5.41, 5.74) is 36.2. The molecule has 8 aromatic rings. The second-order valence-corrected chi connectivity index (χ2v) is 15.3.